The van der Waals surface area contributed by atoms with E-state index >= 15 is 0 Å². The number of likely N-dealkylation sites (tertiary alicyclic amines) is 1. The number of carboxylic acid groups (broad SMARTS) is 1. The topological polar surface area (TPSA) is 93.6 Å². The highest BCUT2D eigenvalue weighted by Gasteiger charge is 2.55. The molecule has 156 valence electrons. The van der Waals surface area contributed by atoms with Crippen molar-refractivity contribution in [3.05, 3.63) is 62.6 Å². The van der Waals surface area contributed by atoms with Gasteiger partial charge in [-0.15, -0.1) is 0 Å². The van der Waals surface area contributed by atoms with Crippen molar-refractivity contribution in [2.75, 3.05) is 13.1 Å². The number of nitrogens with zero attached hydrogens (tertiary/aromatic N) is 1. The Labute approximate surface area is 174 Å². The van der Waals surface area contributed by atoms with Gasteiger partial charge in [0.2, 0.25) is 0 Å². The summed E-state index contributed by atoms with van der Waals surface area (Å²) in [6.45, 7) is 2.20. The highest BCUT2D eigenvalue weighted by molar-refractivity contribution is 5.87. The second-order valence-electron chi connectivity index (χ2n) is 9.77. The van der Waals surface area contributed by atoms with E-state index in [4.69, 9.17) is 0 Å². The molecule has 0 unspecified atom stereocenters. The van der Waals surface area contributed by atoms with Gasteiger partial charge in [0.25, 0.3) is 5.56 Å². The monoisotopic (exact) mass is 406 g/mol. The fourth-order valence-corrected chi connectivity index (χ4v) is 6.52. The molecule has 6 rings (SSSR count). The lowest BCUT2D eigenvalue weighted by Crippen LogP contribution is -2.63. The molecule has 2 fully saturated rings. The van der Waals surface area contributed by atoms with E-state index in [0.717, 1.165) is 49.5 Å². The lowest BCUT2D eigenvalue weighted by Gasteiger charge is -2.59. The van der Waals surface area contributed by atoms with Crippen LogP contribution in [0.4, 0.5) is 0 Å². The predicted octanol–water partition coefficient (Wildman–Crippen LogP) is 2.47. The lowest BCUT2D eigenvalue weighted by atomic mass is 9.52. The number of hydrogen-bond acceptors (Lipinski definition) is 4. The minimum atomic E-state index is -1.17. The maximum Gasteiger partial charge on any atom is 0.341 e. The number of piperidine rings is 1. The first-order chi connectivity index (χ1) is 14.4. The summed E-state index contributed by atoms with van der Waals surface area (Å²) >= 11 is 0. The lowest BCUT2D eigenvalue weighted by molar-refractivity contribution is 0.00457. The summed E-state index contributed by atoms with van der Waals surface area (Å²) in [6, 6.07) is 7.81. The van der Waals surface area contributed by atoms with Crippen LogP contribution < -0.4 is 5.56 Å². The Kier molecular flexibility index (Phi) is 3.76. The largest absolute Gasteiger partial charge is 0.508 e. The van der Waals surface area contributed by atoms with Gasteiger partial charge in [0.1, 0.15) is 11.3 Å². The van der Waals surface area contributed by atoms with Crippen LogP contribution in [0.5, 0.6) is 5.75 Å². The zero-order valence-corrected chi connectivity index (χ0v) is 16.9. The number of benzene rings is 1. The number of carbonyl (C=O) groups is 1. The number of carboxylic acids is 1. The molecule has 1 aromatic heterocycles. The van der Waals surface area contributed by atoms with Crippen molar-refractivity contribution in [2.24, 2.45) is 11.8 Å². The first kappa shape index (κ1) is 18.2. The fourth-order valence-electron chi connectivity index (χ4n) is 6.52. The van der Waals surface area contributed by atoms with Gasteiger partial charge in [-0.2, -0.15) is 0 Å². The maximum absolute atomic E-state index is 12.4. The van der Waals surface area contributed by atoms with Crippen molar-refractivity contribution in [1.82, 2.24) is 9.88 Å². The SMILES string of the molecule is O=C(O)c1cc2c([nH]c1=O)C[C@]13CCN(CC4CC4)[C@H](Cc4ccc(O)cc41)[C@@H]3C2. The molecule has 6 nitrogen and oxygen atoms in total. The quantitative estimate of drug-likeness (QED) is 0.728. The van der Waals surface area contributed by atoms with Crippen molar-refractivity contribution in [2.45, 2.75) is 50.0 Å². The van der Waals surface area contributed by atoms with Gasteiger partial charge in [0.15, 0.2) is 0 Å². The Bertz CT molecular complexity index is 1120. The van der Waals surface area contributed by atoms with Crippen LogP contribution in [-0.2, 0) is 24.7 Å². The number of H-pyrrole nitrogens is 1. The molecule has 1 saturated heterocycles. The number of aromatic hydroxyl groups is 1. The molecule has 0 amide bonds. The maximum atomic E-state index is 12.4. The van der Waals surface area contributed by atoms with E-state index in [9.17, 15) is 19.8 Å². The van der Waals surface area contributed by atoms with Crippen LogP contribution in [0.2, 0.25) is 0 Å². The molecule has 0 spiro atoms. The van der Waals surface area contributed by atoms with Crippen LogP contribution in [0.3, 0.4) is 0 Å². The third-order valence-corrected chi connectivity index (χ3v) is 8.11. The van der Waals surface area contributed by atoms with Crippen LogP contribution in [0.25, 0.3) is 0 Å². The fraction of sp³-hybridized carbons (Fsp3) is 0.500. The Balaban J connectivity index is 1.50. The third-order valence-electron chi connectivity index (χ3n) is 8.11. The van der Waals surface area contributed by atoms with E-state index < -0.39 is 11.5 Å². The number of aromatic amines is 1. The molecule has 0 radical (unpaired) electrons. The number of rotatable bonds is 3. The zero-order valence-electron chi connectivity index (χ0n) is 16.9. The van der Waals surface area contributed by atoms with E-state index in [0.29, 0.717) is 24.1 Å². The smallest absolute Gasteiger partial charge is 0.341 e. The first-order valence-corrected chi connectivity index (χ1v) is 11.0. The van der Waals surface area contributed by atoms with Crippen LogP contribution in [-0.4, -0.2) is 45.2 Å². The van der Waals surface area contributed by atoms with Gasteiger partial charge >= 0.3 is 5.97 Å². The number of aromatic carboxylic acids is 1. The summed E-state index contributed by atoms with van der Waals surface area (Å²) in [7, 11) is 0. The highest BCUT2D eigenvalue weighted by atomic mass is 16.4. The number of pyridine rings is 1. The van der Waals surface area contributed by atoms with Crippen LogP contribution in [0.1, 0.15) is 52.0 Å². The molecule has 1 aromatic carbocycles. The highest BCUT2D eigenvalue weighted by Crippen LogP contribution is 2.55. The van der Waals surface area contributed by atoms with Crippen LogP contribution in [0.15, 0.2) is 29.1 Å². The van der Waals surface area contributed by atoms with Gasteiger partial charge in [-0.25, -0.2) is 4.79 Å². The summed E-state index contributed by atoms with van der Waals surface area (Å²) in [5.41, 5.74) is 3.56. The van der Waals surface area contributed by atoms with Gasteiger partial charge in [0, 0.05) is 23.7 Å². The molecule has 2 bridgehead atoms. The van der Waals surface area contributed by atoms with Crippen molar-refractivity contribution >= 4 is 5.97 Å². The van der Waals surface area contributed by atoms with E-state index in [2.05, 4.69) is 16.0 Å². The predicted molar refractivity (Wildman–Crippen MR) is 111 cm³/mol. The van der Waals surface area contributed by atoms with Crippen molar-refractivity contribution in [3.8, 4) is 5.75 Å². The number of phenolic OH excluding ortho intramolecular Hbond substituents is 1. The minimum absolute atomic E-state index is 0.113. The van der Waals surface area contributed by atoms with E-state index in [1.807, 2.05) is 6.07 Å². The Morgan fingerprint density at radius 2 is 2.03 bits per heavy atom. The molecule has 1 aliphatic heterocycles. The van der Waals surface area contributed by atoms with Crippen LogP contribution >= 0.6 is 0 Å². The van der Waals surface area contributed by atoms with Crippen molar-refractivity contribution < 1.29 is 15.0 Å². The van der Waals surface area contributed by atoms with E-state index in [-0.39, 0.29) is 11.0 Å². The van der Waals surface area contributed by atoms with E-state index in [1.165, 1.54) is 24.0 Å². The molecule has 1 saturated carbocycles. The van der Waals surface area contributed by atoms with Gasteiger partial charge < -0.3 is 15.2 Å². The molecular weight excluding hydrogens is 380 g/mol. The average molecular weight is 406 g/mol. The molecule has 6 heteroatoms. The Hall–Kier alpha value is -2.60. The molecule has 3 aliphatic carbocycles. The number of nitrogens with one attached hydrogen (secondary N) is 1. The zero-order chi connectivity index (χ0) is 20.6. The number of aromatic nitrogens is 1. The van der Waals surface area contributed by atoms with Gasteiger partial charge in [-0.1, -0.05) is 6.07 Å². The number of fused-ring (bicyclic) bond motifs is 2. The summed E-state index contributed by atoms with van der Waals surface area (Å²) in [6.07, 6.45) is 6.10. The summed E-state index contributed by atoms with van der Waals surface area (Å²) in [5, 5.41) is 19.7. The summed E-state index contributed by atoms with van der Waals surface area (Å²) in [4.78, 5) is 29.4. The van der Waals surface area contributed by atoms with Crippen molar-refractivity contribution in [3.63, 3.8) is 0 Å². The van der Waals surface area contributed by atoms with Gasteiger partial charge in [-0.3, -0.25) is 9.69 Å². The molecule has 2 aromatic rings. The molecular formula is C24H26N2O4. The standard InChI is InChI=1S/C24H26N2O4/c27-16-4-3-14-9-21-19-8-15-7-17(23(29)30)22(28)25-20(15)11-24(19,18(14)10-16)5-6-26(21)12-13-1-2-13/h3-4,7,10,13,19,21,27H,1-2,5-6,8-9,11-12H2,(H,25,28)(H,29,30)/t19-,21+,24+/m0/s1. The first-order valence-electron chi connectivity index (χ1n) is 11.0. The average Bonchev–Trinajstić information content (AvgIpc) is 3.52. The second-order valence-corrected chi connectivity index (χ2v) is 9.77. The number of phenols is 1. The molecule has 30 heavy (non-hydrogen) atoms. The number of hydrogen-bond donors (Lipinski definition) is 3. The van der Waals surface area contributed by atoms with Crippen LogP contribution in [0, 0.1) is 11.8 Å². The molecule has 2 heterocycles. The summed E-state index contributed by atoms with van der Waals surface area (Å²) in [5.74, 6) is 0.305. The minimum Gasteiger partial charge on any atom is -0.508 e. The Morgan fingerprint density at radius 3 is 2.80 bits per heavy atom. The Morgan fingerprint density at radius 1 is 1.20 bits per heavy atom. The molecule has 3 atom stereocenters. The van der Waals surface area contributed by atoms with E-state index in [1.54, 1.807) is 12.1 Å². The van der Waals surface area contributed by atoms with Gasteiger partial charge in [-0.05, 0) is 91.8 Å². The molecule has 3 N–H and O–H groups in total. The second kappa shape index (κ2) is 6.20. The summed E-state index contributed by atoms with van der Waals surface area (Å²) < 4.78 is 0. The van der Waals surface area contributed by atoms with Gasteiger partial charge in [0.05, 0.1) is 0 Å². The van der Waals surface area contributed by atoms with Crippen molar-refractivity contribution in [1.29, 1.82) is 0 Å². The third kappa shape index (κ3) is 2.59. The normalized spacial score (nSPS) is 29.6. The molecule has 4 aliphatic rings.